The number of benzene rings is 2. The minimum absolute atomic E-state index is 0.00959. The largest absolute Gasteiger partial charge is 0.506 e. The first kappa shape index (κ1) is 25.1. The van der Waals surface area contributed by atoms with Crippen molar-refractivity contribution in [3.05, 3.63) is 97.2 Å². The second kappa shape index (κ2) is 10.7. The Morgan fingerprint density at radius 1 is 1.09 bits per heavy atom. The zero-order chi connectivity index (χ0) is 25.1. The van der Waals surface area contributed by atoms with Crippen molar-refractivity contribution in [2.45, 2.75) is 6.92 Å². The summed E-state index contributed by atoms with van der Waals surface area (Å²) in [5.74, 6) is -0.978. The molecule has 0 saturated heterocycles. The summed E-state index contributed by atoms with van der Waals surface area (Å²) in [6, 6.07) is 14.8. The number of aliphatic imine (C=N–C) groups is 1. The van der Waals surface area contributed by atoms with E-state index in [4.69, 9.17) is 44.0 Å². The summed E-state index contributed by atoms with van der Waals surface area (Å²) >= 11 is 19.3. The van der Waals surface area contributed by atoms with Crippen LogP contribution in [0.3, 0.4) is 0 Å². The number of halogens is 3. The van der Waals surface area contributed by atoms with Gasteiger partial charge in [0.25, 0.3) is 5.91 Å². The first-order valence-corrected chi connectivity index (χ1v) is 12.2. The average Bonchev–Trinajstić information content (AvgIpc) is 3.38. The third-order valence-electron chi connectivity index (χ3n) is 4.77. The molecular formula is C25H16Cl3NO5S. The van der Waals surface area contributed by atoms with Gasteiger partial charge < -0.3 is 14.3 Å². The number of nitrogens with zero attached hydrogens (tertiary/aromatic N) is 1. The maximum Gasteiger partial charge on any atom is 0.344 e. The Balaban J connectivity index is 1.70. The highest BCUT2D eigenvalue weighted by Gasteiger charge is 2.34. The zero-order valence-corrected chi connectivity index (χ0v) is 21.1. The summed E-state index contributed by atoms with van der Waals surface area (Å²) in [5, 5.41) is 11.9. The number of amides is 1. The first-order chi connectivity index (χ1) is 16.8. The van der Waals surface area contributed by atoms with Gasteiger partial charge in [0.15, 0.2) is 0 Å². The Bertz CT molecular complexity index is 1420. The van der Waals surface area contributed by atoms with Crippen molar-refractivity contribution >= 4 is 69.6 Å². The molecule has 35 heavy (non-hydrogen) atoms. The molecule has 178 valence electrons. The summed E-state index contributed by atoms with van der Waals surface area (Å²) in [5.41, 5.74) is 0.591. The molecule has 3 aromatic rings. The predicted octanol–water partition coefficient (Wildman–Crippen LogP) is 7.61. The Morgan fingerprint density at radius 2 is 1.86 bits per heavy atom. The molecule has 2 aromatic carbocycles. The van der Waals surface area contributed by atoms with E-state index in [0.717, 1.165) is 11.8 Å². The van der Waals surface area contributed by atoms with Crippen LogP contribution < -0.4 is 0 Å². The lowest BCUT2D eigenvalue weighted by Crippen LogP contribution is -2.14. The highest BCUT2D eigenvalue weighted by Crippen LogP contribution is 2.40. The minimum Gasteiger partial charge on any atom is -0.506 e. The van der Waals surface area contributed by atoms with Crippen LogP contribution in [0.5, 0.6) is 0 Å². The Labute approximate surface area is 219 Å². The number of aliphatic hydroxyl groups excluding tert-OH is 1. The van der Waals surface area contributed by atoms with Gasteiger partial charge >= 0.3 is 5.97 Å². The van der Waals surface area contributed by atoms with Crippen LogP contribution in [0.1, 0.15) is 23.0 Å². The molecule has 10 heteroatoms. The van der Waals surface area contributed by atoms with E-state index >= 15 is 0 Å². The van der Waals surface area contributed by atoms with Crippen LogP contribution in [0, 0.1) is 0 Å². The summed E-state index contributed by atoms with van der Waals surface area (Å²) in [6.45, 7) is 1.71. The fourth-order valence-corrected chi connectivity index (χ4v) is 4.88. The van der Waals surface area contributed by atoms with Gasteiger partial charge in [-0.1, -0.05) is 58.7 Å². The summed E-state index contributed by atoms with van der Waals surface area (Å²) in [4.78, 5) is 29.6. The fraction of sp³-hybridized carbons (Fsp3) is 0.0800. The highest BCUT2D eigenvalue weighted by atomic mass is 35.5. The van der Waals surface area contributed by atoms with E-state index in [9.17, 15) is 14.7 Å². The molecule has 0 saturated carbocycles. The third-order valence-corrected chi connectivity index (χ3v) is 6.67. The maximum absolute atomic E-state index is 12.7. The summed E-state index contributed by atoms with van der Waals surface area (Å²) in [6.07, 6.45) is 1.52. The smallest absolute Gasteiger partial charge is 0.344 e. The van der Waals surface area contributed by atoms with Crippen molar-refractivity contribution in [3.63, 3.8) is 0 Å². The van der Waals surface area contributed by atoms with E-state index in [1.165, 1.54) is 12.1 Å². The van der Waals surface area contributed by atoms with E-state index in [0.29, 0.717) is 27.1 Å². The molecule has 1 amide bonds. The number of thioether (sulfide) groups is 1. The van der Waals surface area contributed by atoms with Crippen LogP contribution in [0.25, 0.3) is 17.4 Å². The minimum atomic E-state index is -0.806. The maximum atomic E-state index is 12.7. The standard InChI is InChI=1S/C25H16Cl3NO5S/c1-2-33-25(32)21-22(30)20(35-24(21)29-23(31)16-5-3-4-6-17(16)27)12-14-8-10-19(34-14)15-9-7-13(26)11-18(15)28/h3-12,30H,2H2,1H3/b20-12-,29-24?. The summed E-state index contributed by atoms with van der Waals surface area (Å²) < 4.78 is 10.9. The molecule has 0 spiro atoms. The van der Waals surface area contributed by atoms with Crippen molar-refractivity contribution in [2.75, 3.05) is 6.61 Å². The van der Waals surface area contributed by atoms with Crippen molar-refractivity contribution in [1.82, 2.24) is 0 Å². The van der Waals surface area contributed by atoms with E-state index in [-0.39, 0.29) is 38.5 Å². The van der Waals surface area contributed by atoms with Crippen molar-refractivity contribution in [2.24, 2.45) is 4.99 Å². The lowest BCUT2D eigenvalue weighted by atomic mass is 10.2. The lowest BCUT2D eigenvalue weighted by molar-refractivity contribution is -0.138. The molecule has 0 radical (unpaired) electrons. The monoisotopic (exact) mass is 547 g/mol. The molecule has 2 heterocycles. The number of aliphatic hydroxyl groups is 1. The molecule has 0 bridgehead atoms. The molecule has 0 unspecified atom stereocenters. The van der Waals surface area contributed by atoms with Crippen molar-refractivity contribution in [3.8, 4) is 11.3 Å². The molecule has 1 aromatic heterocycles. The van der Waals surface area contributed by atoms with Crippen LogP contribution >= 0.6 is 46.6 Å². The van der Waals surface area contributed by atoms with Crippen LogP contribution in [0.4, 0.5) is 0 Å². The SMILES string of the molecule is CCOC(=O)C1=C(O)/C(=C/c2ccc(-c3ccc(Cl)cc3Cl)o2)SC1=NC(=O)c1ccccc1Cl. The first-order valence-electron chi connectivity index (χ1n) is 10.2. The number of carbonyl (C=O) groups excluding carboxylic acids is 2. The lowest BCUT2D eigenvalue weighted by Gasteiger charge is -2.04. The number of furan rings is 1. The van der Waals surface area contributed by atoms with Crippen molar-refractivity contribution < 1.29 is 23.8 Å². The van der Waals surface area contributed by atoms with Gasteiger partial charge in [0.1, 0.15) is 27.9 Å². The average molecular weight is 549 g/mol. The Kier molecular flexibility index (Phi) is 7.72. The summed E-state index contributed by atoms with van der Waals surface area (Å²) in [7, 11) is 0. The third kappa shape index (κ3) is 5.49. The van der Waals surface area contributed by atoms with Gasteiger partial charge in [0.05, 0.1) is 27.1 Å². The fourth-order valence-electron chi connectivity index (χ4n) is 3.17. The van der Waals surface area contributed by atoms with Gasteiger partial charge in [-0.25, -0.2) is 9.79 Å². The molecule has 0 aliphatic carbocycles. The zero-order valence-electron chi connectivity index (χ0n) is 18.1. The van der Waals surface area contributed by atoms with Crippen LogP contribution in [-0.2, 0) is 9.53 Å². The van der Waals surface area contributed by atoms with E-state index in [1.807, 2.05) is 0 Å². The normalized spacial score (nSPS) is 15.8. The quantitative estimate of drug-likeness (QED) is 0.330. The molecule has 4 rings (SSSR count). The highest BCUT2D eigenvalue weighted by molar-refractivity contribution is 8.18. The van der Waals surface area contributed by atoms with Gasteiger partial charge in [0, 0.05) is 10.6 Å². The van der Waals surface area contributed by atoms with Gasteiger partial charge in [-0.2, -0.15) is 0 Å². The van der Waals surface area contributed by atoms with Gasteiger partial charge in [-0.15, -0.1) is 0 Å². The number of rotatable bonds is 5. The number of hydrogen-bond donors (Lipinski definition) is 1. The van der Waals surface area contributed by atoms with Crippen LogP contribution in [-0.4, -0.2) is 28.6 Å². The predicted molar refractivity (Wildman–Crippen MR) is 139 cm³/mol. The van der Waals surface area contributed by atoms with Crippen LogP contribution in [0.15, 0.2) is 80.2 Å². The molecule has 0 atom stereocenters. The van der Waals surface area contributed by atoms with Crippen molar-refractivity contribution in [1.29, 1.82) is 0 Å². The molecule has 6 nitrogen and oxygen atoms in total. The number of esters is 1. The van der Waals surface area contributed by atoms with Gasteiger partial charge in [0.2, 0.25) is 0 Å². The molecule has 0 fully saturated rings. The second-order valence-electron chi connectivity index (χ2n) is 7.08. The molecule has 1 aliphatic heterocycles. The molecular weight excluding hydrogens is 533 g/mol. The van der Waals surface area contributed by atoms with Gasteiger partial charge in [-0.05, 0) is 55.5 Å². The number of hydrogen-bond acceptors (Lipinski definition) is 6. The molecule has 1 N–H and O–H groups in total. The number of ether oxygens (including phenoxy) is 1. The number of carbonyl (C=O) groups is 2. The second-order valence-corrected chi connectivity index (χ2v) is 9.36. The Hall–Kier alpha value is -2.97. The van der Waals surface area contributed by atoms with Gasteiger partial charge in [-0.3, -0.25) is 4.79 Å². The van der Waals surface area contributed by atoms with E-state index < -0.39 is 11.9 Å². The van der Waals surface area contributed by atoms with Crippen LogP contribution in [0.2, 0.25) is 15.1 Å². The van der Waals surface area contributed by atoms with E-state index in [1.54, 1.807) is 55.5 Å². The molecule has 1 aliphatic rings. The Morgan fingerprint density at radius 3 is 2.57 bits per heavy atom. The topological polar surface area (TPSA) is 89.1 Å². The van der Waals surface area contributed by atoms with E-state index in [2.05, 4.69) is 4.99 Å².